The molecule has 0 radical (unpaired) electrons. The summed E-state index contributed by atoms with van der Waals surface area (Å²) in [6, 6.07) is -0.335. The normalized spacial score (nSPS) is 21.8. The van der Waals surface area contributed by atoms with Gasteiger partial charge in [-0.3, -0.25) is 4.57 Å². The molecule has 0 spiro atoms. The van der Waals surface area contributed by atoms with Crippen LogP contribution in [0.5, 0.6) is 0 Å². The third-order valence-corrected chi connectivity index (χ3v) is 6.32. The Bertz CT molecular complexity index is 832. The standard InChI is InChI=1S/C19H28N6O5S/c1-2-29-16(26)14-10-20-17(27)21-15(14)12-31-19-23-22-18(24-5-8-28-9-6-24)25(19)11-13-4-3-7-30-13/h13H,2-12H2,1H3,(H2,20,21,27)/t13-/m0/s1. The third kappa shape index (κ3) is 5.31. The third-order valence-electron chi connectivity index (χ3n) is 5.32. The highest BCUT2D eigenvalue weighted by atomic mass is 32.2. The number of hydrogen-bond donors (Lipinski definition) is 2. The van der Waals surface area contributed by atoms with Crippen molar-refractivity contribution in [1.29, 1.82) is 0 Å². The van der Waals surface area contributed by atoms with Crippen LogP contribution in [0.4, 0.5) is 10.7 Å². The Hall–Kier alpha value is -2.31. The van der Waals surface area contributed by atoms with Crippen LogP contribution in [0.1, 0.15) is 19.8 Å². The van der Waals surface area contributed by atoms with Gasteiger partial charge in [-0.25, -0.2) is 9.59 Å². The molecule has 3 aliphatic rings. The summed E-state index contributed by atoms with van der Waals surface area (Å²) >= 11 is 1.43. The summed E-state index contributed by atoms with van der Waals surface area (Å²) in [4.78, 5) is 26.3. The zero-order valence-electron chi connectivity index (χ0n) is 17.6. The number of anilines is 1. The van der Waals surface area contributed by atoms with Gasteiger partial charge in [0, 0.05) is 31.1 Å². The number of carbonyl (C=O) groups is 2. The van der Waals surface area contributed by atoms with Crippen LogP contribution in [0.2, 0.25) is 0 Å². The van der Waals surface area contributed by atoms with Crippen molar-refractivity contribution in [2.75, 3.05) is 56.7 Å². The lowest BCUT2D eigenvalue weighted by molar-refractivity contribution is -0.138. The van der Waals surface area contributed by atoms with Crippen molar-refractivity contribution >= 4 is 29.7 Å². The Morgan fingerprint density at radius 1 is 1.29 bits per heavy atom. The predicted molar refractivity (Wildman–Crippen MR) is 113 cm³/mol. The molecule has 0 unspecified atom stereocenters. The molecule has 2 N–H and O–H groups in total. The largest absolute Gasteiger partial charge is 0.463 e. The molecule has 0 aliphatic carbocycles. The number of hydrogen-bond acceptors (Lipinski definition) is 9. The number of urea groups is 1. The number of morpholine rings is 1. The highest BCUT2D eigenvalue weighted by molar-refractivity contribution is 7.99. The Balaban J connectivity index is 1.54. The van der Waals surface area contributed by atoms with Crippen LogP contribution in [-0.2, 0) is 25.5 Å². The lowest BCUT2D eigenvalue weighted by Gasteiger charge is -2.28. The van der Waals surface area contributed by atoms with E-state index in [2.05, 4.69) is 30.3 Å². The van der Waals surface area contributed by atoms with Crippen LogP contribution in [-0.4, -0.2) is 84.7 Å². The first-order valence-electron chi connectivity index (χ1n) is 10.6. The summed E-state index contributed by atoms with van der Waals surface area (Å²) in [5.41, 5.74) is 0.958. The molecule has 11 nitrogen and oxygen atoms in total. The topological polar surface area (TPSA) is 120 Å². The van der Waals surface area contributed by atoms with Crippen LogP contribution in [0, 0.1) is 0 Å². The van der Waals surface area contributed by atoms with Crippen molar-refractivity contribution in [2.45, 2.75) is 37.6 Å². The van der Waals surface area contributed by atoms with Crippen LogP contribution < -0.4 is 15.5 Å². The number of thioether (sulfide) groups is 1. The number of ether oxygens (including phenoxy) is 3. The number of rotatable bonds is 8. The molecule has 4 heterocycles. The van der Waals surface area contributed by atoms with E-state index in [-0.39, 0.29) is 25.3 Å². The van der Waals surface area contributed by atoms with Crippen LogP contribution in [0.25, 0.3) is 0 Å². The van der Waals surface area contributed by atoms with E-state index in [0.717, 1.165) is 43.6 Å². The van der Waals surface area contributed by atoms with Gasteiger partial charge >= 0.3 is 12.0 Å². The minimum atomic E-state index is -0.430. The molecule has 3 aliphatic heterocycles. The van der Waals surface area contributed by atoms with Gasteiger partial charge in [0.1, 0.15) is 0 Å². The second kappa shape index (κ2) is 10.3. The smallest absolute Gasteiger partial charge is 0.337 e. The molecule has 0 bridgehead atoms. The van der Waals surface area contributed by atoms with Gasteiger partial charge in [-0.1, -0.05) is 11.8 Å². The quantitative estimate of drug-likeness (QED) is 0.429. The number of nitrogens with one attached hydrogen (secondary N) is 2. The van der Waals surface area contributed by atoms with Crippen LogP contribution in [0.3, 0.4) is 0 Å². The van der Waals surface area contributed by atoms with Crippen LogP contribution >= 0.6 is 11.8 Å². The average Bonchev–Trinajstić information content (AvgIpc) is 3.43. The molecule has 31 heavy (non-hydrogen) atoms. The molecule has 0 aromatic carbocycles. The number of nitrogens with zero attached hydrogens (tertiary/aromatic N) is 4. The molecule has 2 fully saturated rings. The summed E-state index contributed by atoms with van der Waals surface area (Å²) in [7, 11) is 0. The lowest BCUT2D eigenvalue weighted by Crippen LogP contribution is -2.44. The van der Waals surface area contributed by atoms with E-state index in [9.17, 15) is 9.59 Å². The first-order chi connectivity index (χ1) is 15.2. The second-order valence-electron chi connectivity index (χ2n) is 7.40. The van der Waals surface area contributed by atoms with Gasteiger partial charge in [0.25, 0.3) is 0 Å². The molecular formula is C19H28N6O5S. The van der Waals surface area contributed by atoms with Gasteiger partial charge in [0.15, 0.2) is 5.16 Å². The highest BCUT2D eigenvalue weighted by Crippen LogP contribution is 2.27. The summed E-state index contributed by atoms with van der Waals surface area (Å²) < 4.78 is 18.5. The molecule has 0 saturated carbocycles. The minimum Gasteiger partial charge on any atom is -0.463 e. The predicted octanol–water partition coefficient (Wildman–Crippen LogP) is 0.516. The molecule has 1 aromatic heterocycles. The fourth-order valence-corrected chi connectivity index (χ4v) is 4.67. The summed E-state index contributed by atoms with van der Waals surface area (Å²) in [5, 5.41) is 14.9. The lowest BCUT2D eigenvalue weighted by atomic mass is 10.2. The van der Waals surface area contributed by atoms with E-state index < -0.39 is 5.97 Å². The van der Waals surface area contributed by atoms with E-state index in [0.29, 0.717) is 36.8 Å². The molecule has 2 saturated heterocycles. The number of carbonyl (C=O) groups excluding carboxylic acids is 2. The maximum atomic E-state index is 12.3. The maximum Gasteiger partial charge on any atom is 0.337 e. The van der Waals surface area contributed by atoms with Crippen molar-refractivity contribution in [3.8, 4) is 0 Å². The van der Waals surface area contributed by atoms with Gasteiger partial charge < -0.3 is 29.7 Å². The summed E-state index contributed by atoms with van der Waals surface area (Å²) in [5.74, 6) is 0.740. The van der Waals surface area contributed by atoms with Crippen molar-refractivity contribution in [3.05, 3.63) is 11.3 Å². The van der Waals surface area contributed by atoms with Gasteiger partial charge in [-0.2, -0.15) is 0 Å². The molecule has 1 atom stereocenters. The van der Waals surface area contributed by atoms with Crippen molar-refractivity contribution in [1.82, 2.24) is 25.4 Å². The number of aromatic nitrogens is 3. The first-order valence-corrected chi connectivity index (χ1v) is 11.6. The Labute approximate surface area is 184 Å². The fraction of sp³-hybridized carbons (Fsp3) is 0.684. The van der Waals surface area contributed by atoms with Gasteiger partial charge in [-0.15, -0.1) is 10.2 Å². The fourth-order valence-electron chi connectivity index (χ4n) is 3.74. The van der Waals surface area contributed by atoms with Crippen molar-refractivity contribution < 1.29 is 23.8 Å². The minimum absolute atomic E-state index is 0.128. The summed E-state index contributed by atoms with van der Waals surface area (Å²) in [6.45, 7) is 6.44. The second-order valence-corrected chi connectivity index (χ2v) is 8.34. The van der Waals surface area contributed by atoms with Crippen LogP contribution in [0.15, 0.2) is 16.4 Å². The molecular weight excluding hydrogens is 424 g/mol. The first kappa shape index (κ1) is 21.9. The number of amides is 2. The number of esters is 1. The maximum absolute atomic E-state index is 12.3. The van der Waals surface area contributed by atoms with Gasteiger partial charge in [0.2, 0.25) is 5.95 Å². The van der Waals surface area contributed by atoms with E-state index in [1.54, 1.807) is 6.92 Å². The molecule has 1 aromatic rings. The van der Waals surface area contributed by atoms with Gasteiger partial charge in [-0.05, 0) is 19.8 Å². The monoisotopic (exact) mass is 452 g/mol. The Kier molecular flexibility index (Phi) is 7.30. The van der Waals surface area contributed by atoms with E-state index in [4.69, 9.17) is 14.2 Å². The zero-order chi connectivity index (χ0) is 21.6. The molecule has 170 valence electrons. The van der Waals surface area contributed by atoms with E-state index in [1.807, 2.05) is 0 Å². The van der Waals surface area contributed by atoms with E-state index in [1.165, 1.54) is 11.8 Å². The van der Waals surface area contributed by atoms with Gasteiger partial charge in [0.05, 0.1) is 44.6 Å². The zero-order valence-corrected chi connectivity index (χ0v) is 18.4. The van der Waals surface area contributed by atoms with Crippen molar-refractivity contribution in [2.24, 2.45) is 0 Å². The Morgan fingerprint density at radius 3 is 2.87 bits per heavy atom. The molecule has 12 heteroatoms. The average molecular weight is 453 g/mol. The van der Waals surface area contributed by atoms with E-state index >= 15 is 0 Å². The molecule has 2 amide bonds. The summed E-state index contributed by atoms with van der Waals surface area (Å²) in [6.07, 6.45) is 2.19. The SMILES string of the molecule is CCOC(=O)C1=C(CSc2nnc(N3CCOCC3)n2C[C@@H]2CCCO2)NC(=O)NC1. The van der Waals surface area contributed by atoms with Crippen molar-refractivity contribution in [3.63, 3.8) is 0 Å². The molecule has 4 rings (SSSR count). The Morgan fingerprint density at radius 2 is 2.13 bits per heavy atom. The highest BCUT2D eigenvalue weighted by Gasteiger charge is 2.27.